The molecule has 1 amide bonds. The van der Waals surface area contributed by atoms with Crippen LogP contribution in [0.5, 0.6) is 0 Å². The molecular formula is C9H14F5NO3. The number of rotatable bonds is 3. The third-order valence-electron chi connectivity index (χ3n) is 1.64. The molecule has 0 bridgehead atoms. The number of carbonyl (C=O) groups is 1. The van der Waals surface area contributed by atoms with E-state index in [9.17, 15) is 26.7 Å². The Labute approximate surface area is 100 Å². The number of halogens is 5. The maximum absolute atomic E-state index is 12.5. The molecule has 0 aromatic carbocycles. The standard InChI is InChI=1S/C9H14F5NO3/c1-7(2,3)18-6(17)15-4-5(16)8(10,11)9(12,13)14/h5,16H,4H2,1-3H3,(H,15,17). The molecule has 1 atom stereocenters. The molecule has 0 aliphatic heterocycles. The van der Waals surface area contributed by atoms with Crippen LogP contribution in [0.1, 0.15) is 20.8 Å². The van der Waals surface area contributed by atoms with Crippen LogP contribution in [0.25, 0.3) is 0 Å². The molecule has 0 saturated carbocycles. The van der Waals surface area contributed by atoms with Gasteiger partial charge in [-0.2, -0.15) is 22.0 Å². The highest BCUT2D eigenvalue weighted by atomic mass is 19.4. The lowest BCUT2D eigenvalue weighted by atomic mass is 10.2. The monoisotopic (exact) mass is 279 g/mol. The van der Waals surface area contributed by atoms with Crippen molar-refractivity contribution in [2.24, 2.45) is 0 Å². The molecule has 9 heteroatoms. The number of hydrogen-bond donors (Lipinski definition) is 2. The number of ether oxygens (including phenoxy) is 1. The van der Waals surface area contributed by atoms with Crippen LogP contribution >= 0.6 is 0 Å². The first-order valence-corrected chi connectivity index (χ1v) is 4.87. The summed E-state index contributed by atoms with van der Waals surface area (Å²) in [6, 6.07) is 0. The van der Waals surface area contributed by atoms with Crippen LogP contribution in [0.3, 0.4) is 0 Å². The van der Waals surface area contributed by atoms with Gasteiger partial charge in [0.1, 0.15) is 11.7 Å². The summed E-state index contributed by atoms with van der Waals surface area (Å²) in [5.74, 6) is -5.30. The molecule has 0 aromatic heterocycles. The number of amides is 1. The Bertz CT molecular complexity index is 298. The van der Waals surface area contributed by atoms with E-state index >= 15 is 0 Å². The van der Waals surface area contributed by atoms with Crippen molar-refractivity contribution in [3.05, 3.63) is 0 Å². The zero-order valence-electron chi connectivity index (χ0n) is 9.94. The Morgan fingerprint density at radius 3 is 2.00 bits per heavy atom. The molecule has 0 rings (SSSR count). The maximum Gasteiger partial charge on any atom is 0.456 e. The normalized spacial score (nSPS) is 15.2. The van der Waals surface area contributed by atoms with E-state index in [4.69, 9.17) is 5.11 Å². The summed E-state index contributed by atoms with van der Waals surface area (Å²) in [6.45, 7) is 3.16. The summed E-state index contributed by atoms with van der Waals surface area (Å²) in [5, 5.41) is 10.3. The molecule has 0 radical (unpaired) electrons. The Morgan fingerprint density at radius 2 is 1.67 bits per heavy atom. The van der Waals surface area contributed by atoms with Crippen molar-refractivity contribution in [2.45, 2.75) is 44.6 Å². The summed E-state index contributed by atoms with van der Waals surface area (Å²) in [7, 11) is 0. The van der Waals surface area contributed by atoms with Gasteiger partial charge in [-0.15, -0.1) is 0 Å². The van der Waals surface area contributed by atoms with Gasteiger partial charge in [-0.05, 0) is 20.8 Å². The predicted molar refractivity (Wildman–Crippen MR) is 51.2 cm³/mol. The number of aliphatic hydroxyl groups excluding tert-OH is 1. The minimum atomic E-state index is -5.89. The van der Waals surface area contributed by atoms with Gasteiger partial charge in [0.2, 0.25) is 0 Å². The number of alkyl halides is 5. The maximum atomic E-state index is 12.5. The summed E-state index contributed by atoms with van der Waals surface area (Å²) in [6.07, 6.45) is -10.2. The van der Waals surface area contributed by atoms with Gasteiger partial charge >= 0.3 is 18.2 Å². The molecule has 0 saturated heterocycles. The highest BCUT2D eigenvalue weighted by Crippen LogP contribution is 2.37. The second-order valence-corrected chi connectivity index (χ2v) is 4.52. The molecular weight excluding hydrogens is 265 g/mol. The third kappa shape index (κ3) is 5.03. The lowest BCUT2D eigenvalue weighted by Gasteiger charge is -2.25. The van der Waals surface area contributed by atoms with Crippen molar-refractivity contribution in [1.82, 2.24) is 5.32 Å². The largest absolute Gasteiger partial charge is 0.456 e. The molecule has 2 N–H and O–H groups in total. The highest BCUT2D eigenvalue weighted by Gasteiger charge is 2.62. The fourth-order valence-electron chi connectivity index (χ4n) is 0.811. The first-order valence-electron chi connectivity index (χ1n) is 4.87. The van der Waals surface area contributed by atoms with E-state index in [1.807, 2.05) is 0 Å². The molecule has 0 aliphatic rings. The van der Waals surface area contributed by atoms with Crippen LogP contribution in [0.2, 0.25) is 0 Å². The fourth-order valence-corrected chi connectivity index (χ4v) is 0.811. The van der Waals surface area contributed by atoms with E-state index in [2.05, 4.69) is 4.74 Å². The van der Waals surface area contributed by atoms with Gasteiger partial charge in [0.05, 0.1) is 6.54 Å². The molecule has 4 nitrogen and oxygen atoms in total. The van der Waals surface area contributed by atoms with E-state index < -0.39 is 36.4 Å². The first-order chi connectivity index (χ1) is 7.77. The second-order valence-electron chi connectivity index (χ2n) is 4.52. The summed E-state index contributed by atoms with van der Waals surface area (Å²) >= 11 is 0. The second kappa shape index (κ2) is 5.25. The average molecular weight is 279 g/mol. The van der Waals surface area contributed by atoms with E-state index in [-0.39, 0.29) is 0 Å². The van der Waals surface area contributed by atoms with Crippen LogP contribution in [-0.4, -0.2) is 41.5 Å². The van der Waals surface area contributed by atoms with Gasteiger partial charge in [0, 0.05) is 0 Å². The molecule has 1 unspecified atom stereocenters. The zero-order chi connectivity index (χ0) is 14.8. The molecule has 0 spiro atoms. The average Bonchev–Trinajstić information content (AvgIpc) is 2.09. The SMILES string of the molecule is CC(C)(C)OC(=O)NCC(O)C(F)(F)C(F)(F)F. The zero-order valence-corrected chi connectivity index (χ0v) is 9.94. The minimum absolute atomic E-state index is 0.929. The smallest absolute Gasteiger partial charge is 0.444 e. The van der Waals surface area contributed by atoms with Crippen molar-refractivity contribution < 1.29 is 36.6 Å². The van der Waals surface area contributed by atoms with Crippen molar-refractivity contribution in [3.63, 3.8) is 0 Å². The lowest BCUT2D eigenvalue weighted by molar-refractivity contribution is -0.311. The van der Waals surface area contributed by atoms with Gasteiger partial charge in [-0.3, -0.25) is 0 Å². The number of nitrogens with one attached hydrogen (secondary N) is 1. The van der Waals surface area contributed by atoms with Crippen LogP contribution in [-0.2, 0) is 4.74 Å². The van der Waals surface area contributed by atoms with Crippen LogP contribution < -0.4 is 5.32 Å². The summed E-state index contributed by atoms with van der Waals surface area (Å²) < 4.78 is 65.2. The van der Waals surface area contributed by atoms with Gasteiger partial charge in [-0.1, -0.05) is 0 Å². The highest BCUT2D eigenvalue weighted by molar-refractivity contribution is 5.67. The molecule has 0 aliphatic carbocycles. The minimum Gasteiger partial charge on any atom is -0.444 e. The lowest BCUT2D eigenvalue weighted by Crippen LogP contribution is -2.52. The fraction of sp³-hybridized carbons (Fsp3) is 0.889. The van der Waals surface area contributed by atoms with Gasteiger partial charge in [-0.25, -0.2) is 4.79 Å². The van der Waals surface area contributed by atoms with E-state index in [1.54, 1.807) is 5.32 Å². The molecule has 0 aromatic rings. The summed E-state index contributed by atoms with van der Waals surface area (Å²) in [5.41, 5.74) is -0.929. The van der Waals surface area contributed by atoms with E-state index in [1.165, 1.54) is 20.8 Å². The quantitative estimate of drug-likeness (QED) is 0.777. The van der Waals surface area contributed by atoms with Gasteiger partial charge < -0.3 is 15.2 Å². The van der Waals surface area contributed by atoms with Crippen molar-refractivity contribution in [2.75, 3.05) is 6.54 Å². The summed E-state index contributed by atoms with van der Waals surface area (Å²) in [4.78, 5) is 11.0. The first kappa shape index (κ1) is 16.9. The Hall–Kier alpha value is -1.12. The van der Waals surface area contributed by atoms with E-state index in [0.29, 0.717) is 0 Å². The molecule has 108 valence electrons. The molecule has 18 heavy (non-hydrogen) atoms. The van der Waals surface area contributed by atoms with E-state index in [0.717, 1.165) is 0 Å². The van der Waals surface area contributed by atoms with Crippen molar-refractivity contribution >= 4 is 6.09 Å². The number of aliphatic hydroxyl groups is 1. The van der Waals surface area contributed by atoms with Gasteiger partial charge in [0.25, 0.3) is 0 Å². The molecule has 0 heterocycles. The number of alkyl carbamates (subject to hydrolysis) is 1. The number of hydrogen-bond acceptors (Lipinski definition) is 3. The van der Waals surface area contributed by atoms with Crippen LogP contribution in [0.15, 0.2) is 0 Å². The van der Waals surface area contributed by atoms with Crippen molar-refractivity contribution in [3.8, 4) is 0 Å². The van der Waals surface area contributed by atoms with Crippen LogP contribution in [0.4, 0.5) is 26.7 Å². The third-order valence-corrected chi connectivity index (χ3v) is 1.64. The topological polar surface area (TPSA) is 58.6 Å². The number of carbonyl (C=O) groups excluding carboxylic acids is 1. The Kier molecular flexibility index (Phi) is 4.92. The van der Waals surface area contributed by atoms with Gasteiger partial charge in [0.15, 0.2) is 0 Å². The Balaban J connectivity index is 4.36. The Morgan fingerprint density at radius 1 is 1.22 bits per heavy atom. The predicted octanol–water partition coefficient (Wildman–Crippen LogP) is 2.07. The van der Waals surface area contributed by atoms with Crippen LogP contribution in [0, 0.1) is 0 Å². The van der Waals surface area contributed by atoms with Crippen molar-refractivity contribution in [1.29, 1.82) is 0 Å². The molecule has 0 fully saturated rings.